The first-order valence-electron chi connectivity index (χ1n) is 5.12. The van der Waals surface area contributed by atoms with Crippen LogP contribution in [-0.4, -0.2) is 9.66 Å². The van der Waals surface area contributed by atoms with Crippen LogP contribution in [0.3, 0.4) is 0 Å². The van der Waals surface area contributed by atoms with Gasteiger partial charge in [-0.25, -0.2) is 14.1 Å². The largest absolute Gasteiger partial charge is 0.382 e. The van der Waals surface area contributed by atoms with Crippen molar-refractivity contribution in [3.05, 3.63) is 34.9 Å². The van der Waals surface area contributed by atoms with Gasteiger partial charge in [-0.05, 0) is 18.2 Å². The average molecular weight is 255 g/mol. The SMILES string of the molecule is CCc1nc(-c2ccc(F)cc2Cl)c(N)n1N. The maximum Gasteiger partial charge on any atom is 0.150 e. The van der Waals surface area contributed by atoms with Crippen LogP contribution in [0.25, 0.3) is 11.3 Å². The number of nitrogens with zero attached hydrogens (tertiary/aromatic N) is 2. The summed E-state index contributed by atoms with van der Waals surface area (Å²) in [6.45, 7) is 1.92. The van der Waals surface area contributed by atoms with Crippen molar-refractivity contribution in [3.63, 3.8) is 0 Å². The number of benzene rings is 1. The predicted octanol–water partition coefficient (Wildman–Crippen LogP) is 2.20. The van der Waals surface area contributed by atoms with E-state index >= 15 is 0 Å². The Labute approximate surface area is 103 Å². The molecule has 0 fully saturated rings. The molecule has 0 unspecified atom stereocenters. The Morgan fingerprint density at radius 2 is 2.18 bits per heavy atom. The molecule has 1 aromatic carbocycles. The van der Waals surface area contributed by atoms with Crippen LogP contribution in [0.5, 0.6) is 0 Å². The molecule has 0 atom stereocenters. The molecule has 0 saturated carbocycles. The van der Waals surface area contributed by atoms with Crippen LogP contribution in [0, 0.1) is 5.82 Å². The molecular formula is C11H12ClFN4. The van der Waals surface area contributed by atoms with Crippen molar-refractivity contribution in [2.75, 3.05) is 11.6 Å². The van der Waals surface area contributed by atoms with Gasteiger partial charge in [-0.1, -0.05) is 18.5 Å². The van der Waals surface area contributed by atoms with Crippen LogP contribution in [0.4, 0.5) is 10.2 Å². The number of nitrogen functional groups attached to an aromatic ring is 2. The molecule has 1 heterocycles. The molecule has 90 valence electrons. The molecule has 1 aromatic heterocycles. The highest BCUT2D eigenvalue weighted by molar-refractivity contribution is 6.33. The van der Waals surface area contributed by atoms with Crippen LogP contribution < -0.4 is 11.6 Å². The fourth-order valence-corrected chi connectivity index (χ4v) is 1.88. The third kappa shape index (κ3) is 1.93. The van der Waals surface area contributed by atoms with Gasteiger partial charge in [-0.15, -0.1) is 0 Å². The number of aromatic nitrogens is 2. The van der Waals surface area contributed by atoms with E-state index in [2.05, 4.69) is 4.98 Å². The van der Waals surface area contributed by atoms with Gasteiger partial charge in [0, 0.05) is 12.0 Å². The van der Waals surface area contributed by atoms with E-state index in [-0.39, 0.29) is 5.02 Å². The predicted molar refractivity (Wildman–Crippen MR) is 66.6 cm³/mol. The van der Waals surface area contributed by atoms with Gasteiger partial charge < -0.3 is 11.6 Å². The highest BCUT2D eigenvalue weighted by Gasteiger charge is 2.16. The number of imidazole rings is 1. The zero-order chi connectivity index (χ0) is 12.6. The first kappa shape index (κ1) is 11.7. The van der Waals surface area contributed by atoms with E-state index in [4.69, 9.17) is 23.2 Å². The van der Waals surface area contributed by atoms with Crippen molar-refractivity contribution >= 4 is 17.4 Å². The minimum Gasteiger partial charge on any atom is -0.382 e. The normalized spacial score (nSPS) is 10.8. The minimum absolute atomic E-state index is 0.262. The summed E-state index contributed by atoms with van der Waals surface area (Å²) in [5, 5.41) is 0.262. The Kier molecular flexibility index (Phi) is 2.93. The molecule has 0 spiro atoms. The molecule has 0 aliphatic carbocycles. The van der Waals surface area contributed by atoms with Gasteiger partial charge >= 0.3 is 0 Å². The maximum absolute atomic E-state index is 12.9. The average Bonchev–Trinajstić information content (AvgIpc) is 2.57. The van der Waals surface area contributed by atoms with Crippen molar-refractivity contribution in [1.29, 1.82) is 0 Å². The number of hydrogen-bond donors (Lipinski definition) is 2. The van der Waals surface area contributed by atoms with E-state index in [1.165, 1.54) is 22.9 Å². The Bertz CT molecular complexity index is 565. The van der Waals surface area contributed by atoms with Crippen molar-refractivity contribution in [2.24, 2.45) is 0 Å². The van der Waals surface area contributed by atoms with Crippen LogP contribution >= 0.6 is 11.6 Å². The summed E-state index contributed by atoms with van der Waals surface area (Å²) in [6.07, 6.45) is 0.652. The van der Waals surface area contributed by atoms with Crippen LogP contribution in [-0.2, 0) is 6.42 Å². The fraction of sp³-hybridized carbons (Fsp3) is 0.182. The topological polar surface area (TPSA) is 69.9 Å². The minimum atomic E-state index is -0.403. The van der Waals surface area contributed by atoms with E-state index in [9.17, 15) is 4.39 Å². The third-order valence-corrected chi connectivity index (χ3v) is 2.84. The lowest BCUT2D eigenvalue weighted by Crippen LogP contribution is -2.14. The summed E-state index contributed by atoms with van der Waals surface area (Å²) in [4.78, 5) is 4.29. The molecule has 0 radical (unpaired) electrons. The molecule has 0 bridgehead atoms. The number of nitrogens with two attached hydrogens (primary N) is 2. The monoisotopic (exact) mass is 254 g/mol. The molecule has 4 N–H and O–H groups in total. The first-order valence-corrected chi connectivity index (χ1v) is 5.50. The molecule has 2 aromatic rings. The standard InChI is InChI=1S/C11H12ClFN4/c1-2-9-16-10(11(14)17(9)15)7-4-3-6(13)5-8(7)12/h3-5H,2,14-15H2,1H3. The fourth-order valence-electron chi connectivity index (χ4n) is 1.62. The molecule has 17 heavy (non-hydrogen) atoms. The zero-order valence-electron chi connectivity index (χ0n) is 9.24. The molecule has 0 aliphatic rings. The summed E-state index contributed by atoms with van der Waals surface area (Å²) >= 11 is 5.96. The van der Waals surface area contributed by atoms with Crippen LogP contribution in [0.1, 0.15) is 12.7 Å². The Balaban J connectivity index is 2.60. The molecule has 0 aliphatic heterocycles. The van der Waals surface area contributed by atoms with Crippen LogP contribution in [0.2, 0.25) is 5.02 Å². The Morgan fingerprint density at radius 3 is 2.71 bits per heavy atom. The van der Waals surface area contributed by atoms with Crippen molar-refractivity contribution in [3.8, 4) is 11.3 Å². The Hall–Kier alpha value is -1.75. The lowest BCUT2D eigenvalue weighted by Gasteiger charge is -2.02. The molecular weight excluding hydrogens is 243 g/mol. The van der Waals surface area contributed by atoms with Gasteiger partial charge in [-0.2, -0.15) is 0 Å². The van der Waals surface area contributed by atoms with Gasteiger partial charge in [0.2, 0.25) is 0 Å². The van der Waals surface area contributed by atoms with Crippen LogP contribution in [0.15, 0.2) is 18.2 Å². The summed E-state index contributed by atoms with van der Waals surface area (Å²) in [6, 6.07) is 4.06. The first-order chi connectivity index (χ1) is 8.04. The van der Waals surface area contributed by atoms with E-state index in [0.717, 1.165) is 0 Å². The van der Waals surface area contributed by atoms with E-state index in [0.29, 0.717) is 29.3 Å². The second-order valence-corrected chi connectivity index (χ2v) is 4.02. The molecule has 0 saturated heterocycles. The molecule has 0 amide bonds. The van der Waals surface area contributed by atoms with Gasteiger partial charge in [0.1, 0.15) is 17.3 Å². The highest BCUT2D eigenvalue weighted by atomic mass is 35.5. The lowest BCUT2D eigenvalue weighted by molar-refractivity contribution is 0.628. The van der Waals surface area contributed by atoms with Gasteiger partial charge in [0.05, 0.1) is 5.02 Å². The quantitative estimate of drug-likeness (QED) is 0.807. The highest BCUT2D eigenvalue weighted by Crippen LogP contribution is 2.31. The van der Waals surface area contributed by atoms with Gasteiger partial charge in [0.25, 0.3) is 0 Å². The summed E-state index contributed by atoms with van der Waals surface area (Å²) in [5.74, 6) is 6.31. The lowest BCUT2D eigenvalue weighted by atomic mass is 10.1. The maximum atomic E-state index is 12.9. The second-order valence-electron chi connectivity index (χ2n) is 3.61. The molecule has 4 nitrogen and oxygen atoms in total. The number of hydrogen-bond acceptors (Lipinski definition) is 3. The molecule has 2 rings (SSSR count). The number of anilines is 1. The van der Waals surface area contributed by atoms with Gasteiger partial charge in [-0.3, -0.25) is 0 Å². The van der Waals surface area contributed by atoms with Crippen molar-refractivity contribution in [1.82, 2.24) is 9.66 Å². The second kappa shape index (κ2) is 4.25. The molecule has 6 heteroatoms. The number of aryl methyl sites for hydroxylation is 1. The summed E-state index contributed by atoms with van der Waals surface area (Å²) in [5.41, 5.74) is 6.90. The summed E-state index contributed by atoms with van der Waals surface area (Å²) < 4.78 is 14.3. The van der Waals surface area contributed by atoms with E-state index in [1.54, 1.807) is 0 Å². The van der Waals surface area contributed by atoms with Gasteiger partial charge in [0.15, 0.2) is 5.82 Å². The zero-order valence-corrected chi connectivity index (χ0v) is 10.0. The third-order valence-electron chi connectivity index (χ3n) is 2.52. The van der Waals surface area contributed by atoms with Crippen molar-refractivity contribution in [2.45, 2.75) is 13.3 Å². The van der Waals surface area contributed by atoms with Crippen molar-refractivity contribution < 1.29 is 4.39 Å². The smallest absolute Gasteiger partial charge is 0.150 e. The number of rotatable bonds is 2. The summed E-state index contributed by atoms with van der Waals surface area (Å²) in [7, 11) is 0. The van der Waals surface area contributed by atoms with E-state index < -0.39 is 5.82 Å². The Morgan fingerprint density at radius 1 is 1.47 bits per heavy atom. The number of halogens is 2. The van der Waals surface area contributed by atoms with E-state index in [1.807, 2.05) is 6.92 Å².